The molecule has 0 spiro atoms. The highest BCUT2D eigenvalue weighted by Gasteiger charge is 2.28. The van der Waals surface area contributed by atoms with Crippen molar-refractivity contribution in [1.29, 1.82) is 0 Å². The summed E-state index contributed by atoms with van der Waals surface area (Å²) in [4.78, 5) is 15.9. The molecule has 0 unspecified atom stereocenters. The molecular formula is C11H11ClN2O4S. The Kier molecular flexibility index (Phi) is 3.51. The molecule has 0 amide bonds. The molecule has 0 bridgehead atoms. The van der Waals surface area contributed by atoms with E-state index < -0.39 is 15.0 Å². The molecule has 6 nitrogen and oxygen atoms in total. The third-order valence-corrected chi connectivity index (χ3v) is 3.97. The van der Waals surface area contributed by atoms with Crippen LogP contribution in [0.3, 0.4) is 0 Å². The summed E-state index contributed by atoms with van der Waals surface area (Å²) in [7, 11) is 2.81. The van der Waals surface area contributed by atoms with Crippen LogP contribution < -0.4 is 0 Å². The maximum Gasteiger partial charge on any atom is 0.355 e. The number of aromatic nitrogens is 2. The van der Waals surface area contributed by atoms with Gasteiger partial charge in [-0.15, -0.1) is 0 Å². The van der Waals surface area contributed by atoms with Crippen LogP contribution in [0.1, 0.15) is 17.4 Å². The van der Waals surface area contributed by atoms with Crippen molar-refractivity contribution in [2.45, 2.75) is 11.9 Å². The highest BCUT2D eigenvalue weighted by atomic mass is 35.7. The van der Waals surface area contributed by atoms with Crippen LogP contribution in [0, 0.1) is 0 Å². The lowest BCUT2D eigenvalue weighted by atomic mass is 10.2. The van der Waals surface area contributed by atoms with Gasteiger partial charge in [0.15, 0.2) is 5.03 Å². The molecule has 102 valence electrons. The molecule has 0 atom stereocenters. The molecule has 0 aliphatic carbocycles. The Labute approximate surface area is 114 Å². The van der Waals surface area contributed by atoms with Gasteiger partial charge in [-0.3, -0.25) is 4.98 Å². The molecule has 0 N–H and O–H groups in total. The van der Waals surface area contributed by atoms with E-state index in [9.17, 15) is 13.2 Å². The summed E-state index contributed by atoms with van der Waals surface area (Å²) in [5.41, 5.74) is 0.271. The monoisotopic (exact) mass is 302 g/mol. The number of halogens is 1. The van der Waals surface area contributed by atoms with Gasteiger partial charge in [0.1, 0.15) is 11.2 Å². The van der Waals surface area contributed by atoms with Crippen LogP contribution in [-0.2, 0) is 20.8 Å². The number of esters is 1. The molecule has 2 heterocycles. The van der Waals surface area contributed by atoms with Crippen molar-refractivity contribution >= 4 is 36.6 Å². The van der Waals surface area contributed by atoms with Crippen molar-refractivity contribution in [3.8, 4) is 0 Å². The normalized spacial score (nSPS) is 11.7. The Morgan fingerprint density at radius 2 is 2.21 bits per heavy atom. The minimum Gasteiger partial charge on any atom is -0.461 e. The van der Waals surface area contributed by atoms with Crippen LogP contribution in [-0.4, -0.2) is 30.5 Å². The number of pyridine rings is 1. The molecule has 0 radical (unpaired) electrons. The maximum absolute atomic E-state index is 11.9. The van der Waals surface area contributed by atoms with Gasteiger partial charge in [-0.1, -0.05) is 0 Å². The van der Waals surface area contributed by atoms with E-state index in [0.29, 0.717) is 5.39 Å². The van der Waals surface area contributed by atoms with Crippen molar-refractivity contribution in [2.75, 3.05) is 6.61 Å². The lowest BCUT2D eigenvalue weighted by molar-refractivity contribution is 0.0516. The van der Waals surface area contributed by atoms with Crippen molar-refractivity contribution in [3.63, 3.8) is 0 Å². The fraction of sp³-hybridized carbons (Fsp3) is 0.273. The number of rotatable bonds is 3. The molecular weight excluding hydrogens is 292 g/mol. The average molecular weight is 303 g/mol. The van der Waals surface area contributed by atoms with Crippen molar-refractivity contribution < 1.29 is 17.9 Å². The van der Waals surface area contributed by atoms with E-state index in [1.54, 1.807) is 19.1 Å². The predicted molar refractivity (Wildman–Crippen MR) is 69.7 cm³/mol. The smallest absolute Gasteiger partial charge is 0.355 e. The van der Waals surface area contributed by atoms with Crippen molar-refractivity contribution in [2.24, 2.45) is 7.05 Å². The first-order valence-electron chi connectivity index (χ1n) is 5.43. The molecule has 0 fully saturated rings. The molecule has 0 aliphatic rings. The standard InChI is InChI=1S/C11H11ClN2O4S/c1-3-18-11(15)9-7-5-4-6-13-8(7)10(14(9)2)19(12,16)17/h4-6H,3H2,1-2H3. The van der Waals surface area contributed by atoms with E-state index in [2.05, 4.69) is 4.98 Å². The Bertz CT molecular complexity index is 751. The number of hydrogen-bond donors (Lipinski definition) is 0. The van der Waals surface area contributed by atoms with E-state index in [-0.39, 0.29) is 22.8 Å². The number of hydrogen-bond acceptors (Lipinski definition) is 5. The van der Waals surface area contributed by atoms with Gasteiger partial charge in [-0.25, -0.2) is 13.2 Å². The van der Waals surface area contributed by atoms with E-state index in [1.165, 1.54) is 17.8 Å². The molecule has 0 aromatic carbocycles. The first kappa shape index (κ1) is 13.8. The SMILES string of the molecule is CCOC(=O)c1c2cccnc2c(S(=O)(=O)Cl)n1C. The fourth-order valence-corrected chi connectivity index (χ4v) is 3.28. The highest BCUT2D eigenvalue weighted by Crippen LogP contribution is 2.29. The number of fused-ring (bicyclic) bond motifs is 1. The Morgan fingerprint density at radius 1 is 1.53 bits per heavy atom. The van der Waals surface area contributed by atoms with Gasteiger partial charge in [-0.2, -0.15) is 0 Å². The molecule has 0 saturated heterocycles. The van der Waals surface area contributed by atoms with Gasteiger partial charge >= 0.3 is 5.97 Å². The third kappa shape index (κ3) is 2.31. The van der Waals surface area contributed by atoms with Gasteiger partial charge in [-0.05, 0) is 19.1 Å². The first-order valence-corrected chi connectivity index (χ1v) is 7.74. The zero-order chi connectivity index (χ0) is 14.2. The maximum atomic E-state index is 11.9. The largest absolute Gasteiger partial charge is 0.461 e. The minimum atomic E-state index is -4.02. The van der Waals surface area contributed by atoms with Crippen LogP contribution in [0.4, 0.5) is 0 Å². The zero-order valence-corrected chi connectivity index (χ0v) is 11.8. The molecule has 2 aromatic heterocycles. The van der Waals surface area contributed by atoms with Crippen LogP contribution >= 0.6 is 10.7 Å². The van der Waals surface area contributed by atoms with Crippen molar-refractivity contribution in [1.82, 2.24) is 9.55 Å². The van der Waals surface area contributed by atoms with Gasteiger partial charge in [0.05, 0.1) is 6.61 Å². The Balaban J connectivity index is 2.86. The van der Waals surface area contributed by atoms with Gasteiger partial charge < -0.3 is 9.30 Å². The van der Waals surface area contributed by atoms with Gasteiger partial charge in [0.2, 0.25) is 0 Å². The molecule has 2 rings (SSSR count). The van der Waals surface area contributed by atoms with Crippen LogP contribution in [0.5, 0.6) is 0 Å². The highest BCUT2D eigenvalue weighted by molar-refractivity contribution is 8.13. The lowest BCUT2D eigenvalue weighted by Crippen LogP contribution is -2.12. The van der Waals surface area contributed by atoms with Gasteiger partial charge in [0.25, 0.3) is 9.05 Å². The number of carbonyl (C=O) groups excluding carboxylic acids is 1. The predicted octanol–water partition coefficient (Wildman–Crippen LogP) is 1.68. The molecule has 2 aromatic rings. The molecule has 0 saturated carbocycles. The second-order valence-corrected chi connectivity index (χ2v) is 6.25. The molecule has 19 heavy (non-hydrogen) atoms. The average Bonchev–Trinajstić information content (AvgIpc) is 2.60. The number of ether oxygens (including phenoxy) is 1. The molecule has 8 heteroatoms. The Hall–Kier alpha value is -1.60. The van der Waals surface area contributed by atoms with E-state index in [1.807, 2.05) is 0 Å². The van der Waals surface area contributed by atoms with E-state index in [0.717, 1.165) is 0 Å². The first-order chi connectivity index (χ1) is 8.88. The van der Waals surface area contributed by atoms with E-state index >= 15 is 0 Å². The van der Waals surface area contributed by atoms with Crippen LogP contribution in [0.25, 0.3) is 10.9 Å². The zero-order valence-electron chi connectivity index (χ0n) is 10.3. The van der Waals surface area contributed by atoms with Gasteiger partial charge in [0, 0.05) is 29.3 Å². The van der Waals surface area contributed by atoms with Crippen LogP contribution in [0.2, 0.25) is 0 Å². The summed E-state index contributed by atoms with van der Waals surface area (Å²) < 4.78 is 29.3. The summed E-state index contributed by atoms with van der Waals surface area (Å²) in [6, 6.07) is 3.20. The number of carbonyl (C=O) groups is 1. The number of nitrogens with zero attached hydrogens (tertiary/aromatic N) is 2. The van der Waals surface area contributed by atoms with Crippen molar-refractivity contribution in [3.05, 3.63) is 24.0 Å². The second kappa shape index (κ2) is 4.82. The summed E-state index contributed by atoms with van der Waals surface area (Å²) in [6.07, 6.45) is 1.43. The van der Waals surface area contributed by atoms with Crippen LogP contribution in [0.15, 0.2) is 23.4 Å². The summed E-state index contributed by atoms with van der Waals surface area (Å²) in [6.45, 7) is 1.86. The quantitative estimate of drug-likeness (QED) is 0.636. The minimum absolute atomic E-state index is 0.115. The fourth-order valence-electron chi connectivity index (χ4n) is 1.93. The lowest BCUT2D eigenvalue weighted by Gasteiger charge is -2.04. The summed E-state index contributed by atoms with van der Waals surface area (Å²) in [5, 5.41) is 0.176. The Morgan fingerprint density at radius 3 is 2.79 bits per heavy atom. The topological polar surface area (TPSA) is 78.3 Å². The third-order valence-electron chi connectivity index (χ3n) is 2.61. The summed E-state index contributed by atoms with van der Waals surface area (Å²) >= 11 is 0. The summed E-state index contributed by atoms with van der Waals surface area (Å²) in [5.74, 6) is -0.616. The molecule has 0 aliphatic heterocycles. The van der Waals surface area contributed by atoms with E-state index in [4.69, 9.17) is 15.4 Å². The second-order valence-electron chi connectivity index (χ2n) is 3.77.